The number of nitrogens with zero attached hydrogens (tertiary/aromatic N) is 1. The molecular weight excluding hydrogens is 230 g/mol. The van der Waals surface area contributed by atoms with Crippen molar-refractivity contribution in [3.8, 4) is 0 Å². The quantitative estimate of drug-likeness (QED) is 0.779. The van der Waals surface area contributed by atoms with Gasteiger partial charge in [-0.3, -0.25) is 4.79 Å². The van der Waals surface area contributed by atoms with Gasteiger partial charge in [-0.25, -0.2) is 0 Å². The van der Waals surface area contributed by atoms with Crippen molar-refractivity contribution >= 4 is 5.91 Å². The van der Waals surface area contributed by atoms with Gasteiger partial charge >= 0.3 is 0 Å². The van der Waals surface area contributed by atoms with Crippen LogP contribution in [0.15, 0.2) is 10.6 Å². The summed E-state index contributed by atoms with van der Waals surface area (Å²) in [5.74, 6) is 0.418. The summed E-state index contributed by atoms with van der Waals surface area (Å²) in [6.07, 6.45) is 2.74. The minimum Gasteiger partial charge on any atom is -0.351 e. The van der Waals surface area contributed by atoms with Crippen LogP contribution in [-0.4, -0.2) is 23.7 Å². The van der Waals surface area contributed by atoms with E-state index < -0.39 is 0 Å². The topological polar surface area (TPSA) is 81.2 Å². The number of carbonyl (C=O) groups excluding carboxylic acids is 1. The zero-order valence-electron chi connectivity index (χ0n) is 11.4. The maximum Gasteiger partial charge on any atom is 0.289 e. The normalized spacial score (nSPS) is 12.7. The van der Waals surface area contributed by atoms with E-state index >= 15 is 0 Å². The molecule has 0 saturated heterocycles. The lowest BCUT2D eigenvalue weighted by Crippen LogP contribution is -2.28. The number of aromatic nitrogens is 1. The summed E-state index contributed by atoms with van der Waals surface area (Å²) in [6.45, 7) is 6.67. The van der Waals surface area contributed by atoms with E-state index in [1.807, 2.05) is 6.92 Å². The van der Waals surface area contributed by atoms with Gasteiger partial charge < -0.3 is 15.6 Å². The third-order valence-electron chi connectivity index (χ3n) is 3.04. The van der Waals surface area contributed by atoms with Crippen molar-refractivity contribution in [1.82, 2.24) is 10.5 Å². The van der Waals surface area contributed by atoms with Crippen molar-refractivity contribution in [3.63, 3.8) is 0 Å². The zero-order chi connectivity index (χ0) is 13.5. The number of amides is 1. The fraction of sp³-hybridized carbons (Fsp3) is 0.692. The standard InChI is InChI=1S/C13H23N3O2/c1-4-10(5-2)11-8-12(18-16-11)13(17)15-7-6-9(3)14/h8-10H,4-7,14H2,1-3H3,(H,15,17). The molecule has 5 nitrogen and oxygen atoms in total. The Morgan fingerprint density at radius 2 is 2.17 bits per heavy atom. The third kappa shape index (κ3) is 4.14. The van der Waals surface area contributed by atoms with Gasteiger partial charge in [0, 0.05) is 24.6 Å². The second kappa shape index (κ2) is 7.16. The fourth-order valence-electron chi connectivity index (χ4n) is 1.80. The second-order valence-corrected chi connectivity index (χ2v) is 4.65. The van der Waals surface area contributed by atoms with Crippen LogP contribution in [0.4, 0.5) is 0 Å². The van der Waals surface area contributed by atoms with Crippen molar-refractivity contribution in [2.75, 3.05) is 6.54 Å². The van der Waals surface area contributed by atoms with E-state index in [-0.39, 0.29) is 17.7 Å². The molecule has 1 atom stereocenters. The van der Waals surface area contributed by atoms with Crippen LogP contribution in [0.5, 0.6) is 0 Å². The highest BCUT2D eigenvalue weighted by Crippen LogP contribution is 2.22. The molecule has 0 spiro atoms. The number of nitrogens with one attached hydrogen (secondary N) is 1. The molecule has 0 fully saturated rings. The smallest absolute Gasteiger partial charge is 0.289 e. The molecule has 5 heteroatoms. The average molecular weight is 253 g/mol. The lowest BCUT2D eigenvalue weighted by atomic mass is 9.99. The zero-order valence-corrected chi connectivity index (χ0v) is 11.4. The first-order chi connectivity index (χ1) is 8.58. The summed E-state index contributed by atoms with van der Waals surface area (Å²) in [4.78, 5) is 11.8. The lowest BCUT2D eigenvalue weighted by Gasteiger charge is -2.06. The Labute approximate surface area is 108 Å². The van der Waals surface area contributed by atoms with E-state index in [1.54, 1.807) is 6.07 Å². The van der Waals surface area contributed by atoms with Crippen molar-refractivity contribution < 1.29 is 9.32 Å². The highest BCUT2D eigenvalue weighted by atomic mass is 16.5. The van der Waals surface area contributed by atoms with Crippen molar-refractivity contribution in [2.45, 2.75) is 52.0 Å². The molecule has 18 heavy (non-hydrogen) atoms. The Hall–Kier alpha value is -1.36. The molecule has 102 valence electrons. The van der Waals surface area contributed by atoms with Crippen LogP contribution in [0.25, 0.3) is 0 Å². The first-order valence-corrected chi connectivity index (χ1v) is 6.58. The average Bonchev–Trinajstić information content (AvgIpc) is 2.79. The third-order valence-corrected chi connectivity index (χ3v) is 3.04. The van der Waals surface area contributed by atoms with E-state index in [0.717, 1.165) is 25.0 Å². The van der Waals surface area contributed by atoms with Gasteiger partial charge in [0.1, 0.15) is 0 Å². The molecule has 1 aromatic heterocycles. The van der Waals surface area contributed by atoms with Gasteiger partial charge in [0.2, 0.25) is 5.76 Å². The molecule has 1 rings (SSSR count). The van der Waals surface area contributed by atoms with Crippen LogP contribution in [0.2, 0.25) is 0 Å². The number of hydrogen-bond donors (Lipinski definition) is 2. The van der Waals surface area contributed by atoms with Crippen molar-refractivity contribution in [3.05, 3.63) is 17.5 Å². The molecule has 0 aliphatic heterocycles. The Balaban J connectivity index is 2.54. The number of nitrogens with two attached hydrogens (primary N) is 1. The van der Waals surface area contributed by atoms with Crippen LogP contribution in [0.3, 0.4) is 0 Å². The highest BCUT2D eigenvalue weighted by Gasteiger charge is 2.17. The molecule has 1 amide bonds. The monoisotopic (exact) mass is 253 g/mol. The van der Waals surface area contributed by atoms with Crippen molar-refractivity contribution in [1.29, 1.82) is 0 Å². The molecule has 3 N–H and O–H groups in total. The molecule has 0 aliphatic rings. The highest BCUT2D eigenvalue weighted by molar-refractivity contribution is 5.91. The molecular formula is C13H23N3O2. The molecule has 0 bridgehead atoms. The first-order valence-electron chi connectivity index (χ1n) is 6.58. The van der Waals surface area contributed by atoms with Crippen molar-refractivity contribution in [2.24, 2.45) is 5.73 Å². The Kier molecular flexibility index (Phi) is 5.85. The molecule has 1 heterocycles. The number of carbonyl (C=O) groups is 1. The molecule has 0 aromatic carbocycles. The lowest BCUT2D eigenvalue weighted by molar-refractivity contribution is 0.0915. The van der Waals surface area contributed by atoms with E-state index in [9.17, 15) is 4.79 Å². The van der Waals surface area contributed by atoms with Crippen LogP contribution >= 0.6 is 0 Å². The summed E-state index contributed by atoms with van der Waals surface area (Å²) in [6, 6.07) is 1.82. The summed E-state index contributed by atoms with van der Waals surface area (Å²) in [5, 5.41) is 6.73. The van der Waals surface area contributed by atoms with E-state index in [2.05, 4.69) is 24.3 Å². The SMILES string of the molecule is CCC(CC)c1cc(C(=O)NCCC(C)N)on1. The van der Waals surface area contributed by atoms with Gasteiger partial charge in [-0.05, 0) is 26.2 Å². The summed E-state index contributed by atoms with van der Waals surface area (Å²) < 4.78 is 5.08. The number of rotatable bonds is 7. The maximum absolute atomic E-state index is 11.8. The molecule has 1 aromatic rings. The van der Waals surface area contributed by atoms with Gasteiger partial charge in [0.05, 0.1) is 5.69 Å². The minimum atomic E-state index is -0.222. The molecule has 0 radical (unpaired) electrons. The van der Waals surface area contributed by atoms with Gasteiger partial charge in [-0.2, -0.15) is 0 Å². The van der Waals surface area contributed by atoms with Crippen LogP contribution in [-0.2, 0) is 0 Å². The summed E-state index contributed by atoms with van der Waals surface area (Å²) in [7, 11) is 0. The van der Waals surface area contributed by atoms with E-state index in [4.69, 9.17) is 10.3 Å². The van der Waals surface area contributed by atoms with Crippen LogP contribution in [0.1, 0.15) is 62.2 Å². The second-order valence-electron chi connectivity index (χ2n) is 4.65. The van der Waals surface area contributed by atoms with Gasteiger partial charge in [-0.1, -0.05) is 19.0 Å². The molecule has 0 aliphatic carbocycles. The fourth-order valence-corrected chi connectivity index (χ4v) is 1.80. The minimum absolute atomic E-state index is 0.0835. The molecule has 1 unspecified atom stereocenters. The number of hydrogen-bond acceptors (Lipinski definition) is 4. The molecule has 0 saturated carbocycles. The van der Waals surface area contributed by atoms with Gasteiger partial charge in [-0.15, -0.1) is 0 Å². The predicted octanol–water partition coefficient (Wildman–Crippen LogP) is 2.05. The van der Waals surface area contributed by atoms with Gasteiger partial charge in [0.25, 0.3) is 5.91 Å². The van der Waals surface area contributed by atoms with Gasteiger partial charge in [0.15, 0.2) is 0 Å². The summed E-state index contributed by atoms with van der Waals surface area (Å²) in [5.41, 5.74) is 6.47. The maximum atomic E-state index is 11.8. The van der Waals surface area contributed by atoms with Crippen LogP contribution < -0.4 is 11.1 Å². The van der Waals surface area contributed by atoms with E-state index in [0.29, 0.717) is 12.5 Å². The largest absolute Gasteiger partial charge is 0.351 e. The Morgan fingerprint density at radius 3 is 2.72 bits per heavy atom. The predicted molar refractivity (Wildman–Crippen MR) is 70.4 cm³/mol. The van der Waals surface area contributed by atoms with E-state index in [1.165, 1.54) is 0 Å². The first kappa shape index (κ1) is 14.7. The Bertz CT molecular complexity index is 370. The van der Waals surface area contributed by atoms with Crippen LogP contribution in [0, 0.1) is 0 Å². The summed E-state index contributed by atoms with van der Waals surface area (Å²) >= 11 is 0. The Morgan fingerprint density at radius 1 is 1.50 bits per heavy atom.